The van der Waals surface area contributed by atoms with Gasteiger partial charge in [-0.15, -0.1) is 0 Å². The molecule has 1 amide bonds. The van der Waals surface area contributed by atoms with E-state index in [9.17, 15) is 4.79 Å². The highest BCUT2D eigenvalue weighted by atomic mass is 32.1. The summed E-state index contributed by atoms with van der Waals surface area (Å²) < 4.78 is 2.76. The highest BCUT2D eigenvalue weighted by Gasteiger charge is 2.27. The van der Waals surface area contributed by atoms with Crippen molar-refractivity contribution in [2.45, 2.75) is 58.5 Å². The second-order valence-electron chi connectivity index (χ2n) is 6.92. The van der Waals surface area contributed by atoms with Crippen LogP contribution in [0.5, 0.6) is 0 Å². The molecule has 3 heterocycles. The van der Waals surface area contributed by atoms with Crippen LogP contribution in [0.15, 0.2) is 6.33 Å². The molecule has 2 N–H and O–H groups in total. The van der Waals surface area contributed by atoms with E-state index < -0.39 is 0 Å². The second-order valence-corrected chi connectivity index (χ2v) is 7.31. The van der Waals surface area contributed by atoms with Gasteiger partial charge in [-0.3, -0.25) is 4.79 Å². The lowest BCUT2D eigenvalue weighted by atomic mass is 10.1. The molecule has 0 fully saturated rings. The molecule has 0 unspecified atom stereocenters. The highest BCUT2D eigenvalue weighted by Crippen LogP contribution is 2.29. The van der Waals surface area contributed by atoms with Gasteiger partial charge in [0.05, 0.1) is 17.4 Å². The summed E-state index contributed by atoms with van der Waals surface area (Å²) in [6.07, 6.45) is 5.88. The summed E-state index contributed by atoms with van der Waals surface area (Å²) in [5.74, 6) is -0.0370. The van der Waals surface area contributed by atoms with Gasteiger partial charge in [-0.05, 0) is 40.0 Å². The number of amides is 1. The summed E-state index contributed by atoms with van der Waals surface area (Å²) in [7, 11) is 0. The third-order valence-electron chi connectivity index (χ3n) is 3.98. The van der Waals surface area contributed by atoms with Gasteiger partial charge in [-0.1, -0.05) is 18.6 Å². The number of rotatable bonds is 1. The molecule has 0 bridgehead atoms. The number of hydrogen-bond donors (Lipinski definition) is 2. The number of nitrogens with one attached hydrogen (secondary N) is 2. The lowest BCUT2D eigenvalue weighted by Crippen LogP contribution is -2.41. The van der Waals surface area contributed by atoms with Crippen molar-refractivity contribution < 1.29 is 4.79 Å². The van der Waals surface area contributed by atoms with Gasteiger partial charge in [-0.25, -0.2) is 4.98 Å². The number of fused-ring (bicyclic) bond motifs is 3. The average molecular weight is 318 g/mol. The Bertz CT molecular complexity index is 782. The Morgan fingerprint density at radius 3 is 2.86 bits per heavy atom. The van der Waals surface area contributed by atoms with Crippen molar-refractivity contribution in [1.82, 2.24) is 19.9 Å². The lowest BCUT2D eigenvalue weighted by molar-refractivity contribution is 0.0920. The largest absolute Gasteiger partial charge is 0.347 e. The molecule has 6 heteroatoms. The first kappa shape index (κ1) is 15.2. The topological polar surface area (TPSA) is 62.7 Å². The number of hydrogen-bond acceptors (Lipinski definition) is 3. The molecule has 0 saturated heterocycles. The minimum Gasteiger partial charge on any atom is -0.347 e. The smallest absolute Gasteiger partial charge is 0.255 e. The lowest BCUT2D eigenvalue weighted by Gasteiger charge is -2.20. The Morgan fingerprint density at radius 2 is 2.14 bits per heavy atom. The number of aryl methyl sites for hydroxylation is 1. The van der Waals surface area contributed by atoms with Crippen LogP contribution >= 0.6 is 12.2 Å². The van der Waals surface area contributed by atoms with Crippen LogP contribution in [-0.2, 0) is 13.0 Å². The zero-order chi connectivity index (χ0) is 15.9. The first-order chi connectivity index (χ1) is 10.4. The number of H-pyrrole nitrogens is 1. The third-order valence-corrected chi connectivity index (χ3v) is 4.27. The fourth-order valence-corrected chi connectivity index (χ4v) is 3.41. The number of carbonyl (C=O) groups excluding carboxylic acids is 1. The maximum absolute atomic E-state index is 12.8. The minimum atomic E-state index is -0.271. The second kappa shape index (κ2) is 5.50. The summed E-state index contributed by atoms with van der Waals surface area (Å²) in [6.45, 7) is 6.88. The zero-order valence-corrected chi connectivity index (χ0v) is 14.1. The van der Waals surface area contributed by atoms with Gasteiger partial charge in [0.1, 0.15) is 5.52 Å². The standard InChI is InChI=1S/C16H22N4OS/c1-16(2,3)19-14(21)11-10-7-5-4-6-8-20(10)13-12(11)17-9-18-15(13)22/h9H,4-8H2,1-3H3,(H,19,21)(H,17,18,22). The first-order valence-corrected chi connectivity index (χ1v) is 8.20. The normalized spacial score (nSPS) is 15.4. The summed E-state index contributed by atoms with van der Waals surface area (Å²) in [5, 5.41) is 3.08. The van der Waals surface area contributed by atoms with E-state index in [2.05, 4.69) is 19.9 Å². The Balaban J connectivity index is 2.25. The van der Waals surface area contributed by atoms with Gasteiger partial charge in [0, 0.05) is 17.8 Å². The molecule has 0 aromatic carbocycles. The summed E-state index contributed by atoms with van der Waals surface area (Å²) in [6, 6.07) is 0. The molecule has 0 spiro atoms. The van der Waals surface area contributed by atoms with Crippen LogP contribution in [-0.4, -0.2) is 26.0 Å². The molecule has 1 aliphatic heterocycles. The van der Waals surface area contributed by atoms with Crippen molar-refractivity contribution in [3.05, 3.63) is 22.2 Å². The first-order valence-electron chi connectivity index (χ1n) is 7.80. The monoisotopic (exact) mass is 318 g/mol. The predicted molar refractivity (Wildman–Crippen MR) is 89.7 cm³/mol. The number of aromatic nitrogens is 3. The van der Waals surface area contributed by atoms with Gasteiger partial charge >= 0.3 is 0 Å². The fraction of sp³-hybridized carbons (Fsp3) is 0.562. The molecule has 118 valence electrons. The number of carbonyl (C=O) groups is 1. The number of aromatic amines is 1. The van der Waals surface area contributed by atoms with Crippen LogP contribution in [0.2, 0.25) is 0 Å². The van der Waals surface area contributed by atoms with E-state index in [0.717, 1.165) is 48.1 Å². The van der Waals surface area contributed by atoms with Crippen molar-refractivity contribution in [2.24, 2.45) is 0 Å². The van der Waals surface area contributed by atoms with Crippen LogP contribution in [0.4, 0.5) is 0 Å². The Morgan fingerprint density at radius 1 is 1.36 bits per heavy atom. The van der Waals surface area contributed by atoms with Gasteiger partial charge in [0.25, 0.3) is 5.91 Å². The zero-order valence-electron chi connectivity index (χ0n) is 13.3. The van der Waals surface area contributed by atoms with Crippen LogP contribution < -0.4 is 5.32 Å². The molecule has 0 atom stereocenters. The van der Waals surface area contributed by atoms with E-state index in [0.29, 0.717) is 4.64 Å². The van der Waals surface area contributed by atoms with Gasteiger partial charge in [0.2, 0.25) is 0 Å². The molecule has 2 aromatic rings. The molecule has 0 saturated carbocycles. The molecule has 1 aliphatic rings. The minimum absolute atomic E-state index is 0.0370. The van der Waals surface area contributed by atoms with Crippen LogP contribution in [0.1, 0.15) is 56.1 Å². The third kappa shape index (κ3) is 2.67. The van der Waals surface area contributed by atoms with Crippen molar-refractivity contribution >= 4 is 29.2 Å². The predicted octanol–water partition coefficient (Wildman–Crippen LogP) is 3.35. The Labute approximate surface area is 135 Å². The molecule has 22 heavy (non-hydrogen) atoms. The van der Waals surface area contributed by atoms with Crippen molar-refractivity contribution in [1.29, 1.82) is 0 Å². The van der Waals surface area contributed by atoms with E-state index in [1.54, 1.807) is 6.33 Å². The van der Waals surface area contributed by atoms with Gasteiger partial charge in [-0.2, -0.15) is 0 Å². The van der Waals surface area contributed by atoms with Gasteiger partial charge in [0.15, 0.2) is 4.64 Å². The summed E-state index contributed by atoms with van der Waals surface area (Å²) in [4.78, 5) is 20.2. The van der Waals surface area contributed by atoms with E-state index in [1.807, 2.05) is 20.8 Å². The van der Waals surface area contributed by atoms with E-state index >= 15 is 0 Å². The van der Waals surface area contributed by atoms with E-state index in [1.165, 1.54) is 6.42 Å². The summed E-state index contributed by atoms with van der Waals surface area (Å²) in [5.41, 5.74) is 3.27. The fourth-order valence-electron chi connectivity index (χ4n) is 3.14. The van der Waals surface area contributed by atoms with Crippen LogP contribution in [0, 0.1) is 4.64 Å². The molecule has 3 rings (SSSR count). The SMILES string of the molecule is CC(C)(C)NC(=O)c1c2n(c3c(=S)nc[nH]c13)CCCCC2. The molecule has 5 nitrogen and oxygen atoms in total. The molecule has 2 aromatic heterocycles. The summed E-state index contributed by atoms with van der Waals surface area (Å²) >= 11 is 5.41. The molecule has 0 aliphatic carbocycles. The van der Waals surface area contributed by atoms with Crippen molar-refractivity contribution in [2.75, 3.05) is 0 Å². The maximum Gasteiger partial charge on any atom is 0.255 e. The van der Waals surface area contributed by atoms with Crippen LogP contribution in [0.3, 0.4) is 0 Å². The van der Waals surface area contributed by atoms with Crippen LogP contribution in [0.25, 0.3) is 11.0 Å². The molecular weight excluding hydrogens is 296 g/mol. The maximum atomic E-state index is 12.8. The average Bonchev–Trinajstić information content (AvgIpc) is 2.55. The van der Waals surface area contributed by atoms with Crippen molar-refractivity contribution in [3.8, 4) is 0 Å². The highest BCUT2D eigenvalue weighted by molar-refractivity contribution is 7.71. The Kier molecular flexibility index (Phi) is 3.80. The Hall–Kier alpha value is -1.69. The van der Waals surface area contributed by atoms with E-state index in [-0.39, 0.29) is 11.4 Å². The van der Waals surface area contributed by atoms with E-state index in [4.69, 9.17) is 12.2 Å². The quantitative estimate of drug-likeness (QED) is 0.793. The molecular formula is C16H22N4OS. The van der Waals surface area contributed by atoms with Gasteiger partial charge < -0.3 is 14.9 Å². The molecule has 0 radical (unpaired) electrons. The number of nitrogens with zero attached hydrogens (tertiary/aromatic N) is 2. The van der Waals surface area contributed by atoms with Crippen molar-refractivity contribution in [3.63, 3.8) is 0 Å².